The largest absolute Gasteiger partial charge is 0.381 e. The Balaban J connectivity index is 2.12. The molecule has 20 heavy (non-hydrogen) atoms. The molecular formula is C16H25N3O. The molecule has 4 heteroatoms. The second kappa shape index (κ2) is 7.29. The van der Waals surface area contributed by atoms with Gasteiger partial charge in [-0.2, -0.15) is 0 Å². The molecule has 0 aliphatic carbocycles. The van der Waals surface area contributed by atoms with Crippen LogP contribution in [-0.4, -0.2) is 32.3 Å². The van der Waals surface area contributed by atoms with Crippen LogP contribution < -0.4 is 11.1 Å². The zero-order valence-corrected chi connectivity index (χ0v) is 12.3. The molecule has 1 aromatic rings. The van der Waals surface area contributed by atoms with E-state index in [-0.39, 0.29) is 5.41 Å². The summed E-state index contributed by atoms with van der Waals surface area (Å²) >= 11 is 0. The summed E-state index contributed by atoms with van der Waals surface area (Å²) in [6.07, 6.45) is 3.05. The first kappa shape index (κ1) is 14.9. The standard InChI is InChI=1S/C16H25N3O/c1-2-10-18-15(17)19-13-16(8-11-20-12-9-16)14-6-4-3-5-7-14/h3-7H,2,8-13H2,1H3,(H3,17,18,19). The van der Waals surface area contributed by atoms with Crippen molar-refractivity contribution in [2.24, 2.45) is 10.7 Å². The van der Waals surface area contributed by atoms with Crippen LogP contribution in [0.5, 0.6) is 0 Å². The minimum Gasteiger partial charge on any atom is -0.381 e. The van der Waals surface area contributed by atoms with Crippen LogP contribution in [0.15, 0.2) is 35.3 Å². The molecule has 110 valence electrons. The predicted molar refractivity (Wildman–Crippen MR) is 83.0 cm³/mol. The predicted octanol–water partition coefficient (Wildman–Crippen LogP) is 2.05. The Labute approximate surface area is 121 Å². The fraction of sp³-hybridized carbons (Fsp3) is 0.562. The molecule has 0 atom stereocenters. The van der Waals surface area contributed by atoms with Crippen molar-refractivity contribution in [3.8, 4) is 0 Å². The number of nitrogens with one attached hydrogen (secondary N) is 1. The molecule has 0 aromatic heterocycles. The van der Waals surface area contributed by atoms with Crippen molar-refractivity contribution in [1.82, 2.24) is 5.32 Å². The van der Waals surface area contributed by atoms with E-state index in [0.29, 0.717) is 5.96 Å². The van der Waals surface area contributed by atoms with Crippen molar-refractivity contribution in [2.75, 3.05) is 26.3 Å². The first-order chi connectivity index (χ1) is 9.77. The summed E-state index contributed by atoms with van der Waals surface area (Å²) in [6.45, 7) is 5.31. The fourth-order valence-corrected chi connectivity index (χ4v) is 2.64. The molecule has 1 aromatic carbocycles. The molecule has 0 bridgehead atoms. The van der Waals surface area contributed by atoms with E-state index < -0.39 is 0 Å². The monoisotopic (exact) mass is 275 g/mol. The lowest BCUT2D eigenvalue weighted by atomic mass is 9.74. The molecule has 2 rings (SSSR count). The van der Waals surface area contributed by atoms with Crippen molar-refractivity contribution < 1.29 is 4.74 Å². The van der Waals surface area contributed by atoms with E-state index in [9.17, 15) is 0 Å². The quantitative estimate of drug-likeness (QED) is 0.638. The summed E-state index contributed by atoms with van der Waals surface area (Å²) in [5, 5.41) is 3.14. The van der Waals surface area contributed by atoms with Gasteiger partial charge in [-0.05, 0) is 24.8 Å². The van der Waals surface area contributed by atoms with Crippen LogP contribution in [0.4, 0.5) is 0 Å². The molecule has 1 saturated heterocycles. The normalized spacial score (nSPS) is 18.8. The number of ether oxygens (including phenoxy) is 1. The third-order valence-electron chi connectivity index (χ3n) is 3.94. The number of rotatable bonds is 5. The Hall–Kier alpha value is -1.55. The minimum absolute atomic E-state index is 0.0675. The molecule has 1 heterocycles. The van der Waals surface area contributed by atoms with Gasteiger partial charge in [-0.1, -0.05) is 37.3 Å². The van der Waals surface area contributed by atoms with Gasteiger partial charge < -0.3 is 15.8 Å². The molecule has 0 unspecified atom stereocenters. The topological polar surface area (TPSA) is 59.6 Å². The minimum atomic E-state index is 0.0675. The van der Waals surface area contributed by atoms with E-state index >= 15 is 0 Å². The molecule has 4 nitrogen and oxygen atoms in total. The number of hydrogen-bond acceptors (Lipinski definition) is 2. The highest BCUT2D eigenvalue weighted by Gasteiger charge is 2.34. The molecular weight excluding hydrogens is 250 g/mol. The molecule has 1 fully saturated rings. The van der Waals surface area contributed by atoms with Crippen LogP contribution in [0.2, 0.25) is 0 Å². The average molecular weight is 275 g/mol. The maximum atomic E-state index is 5.92. The highest BCUT2D eigenvalue weighted by Crippen LogP contribution is 2.35. The van der Waals surface area contributed by atoms with Crippen molar-refractivity contribution in [2.45, 2.75) is 31.6 Å². The lowest BCUT2D eigenvalue weighted by molar-refractivity contribution is 0.0531. The van der Waals surface area contributed by atoms with E-state index in [1.807, 2.05) is 0 Å². The maximum Gasteiger partial charge on any atom is 0.188 e. The summed E-state index contributed by atoms with van der Waals surface area (Å²) < 4.78 is 5.52. The summed E-state index contributed by atoms with van der Waals surface area (Å²) in [7, 11) is 0. The van der Waals surface area contributed by atoms with Gasteiger partial charge in [-0.15, -0.1) is 0 Å². The van der Waals surface area contributed by atoms with Crippen LogP contribution in [0.25, 0.3) is 0 Å². The number of hydrogen-bond donors (Lipinski definition) is 2. The van der Waals surface area contributed by atoms with Crippen LogP contribution in [0, 0.1) is 0 Å². The maximum absolute atomic E-state index is 5.92. The van der Waals surface area contributed by atoms with Crippen molar-refractivity contribution in [3.63, 3.8) is 0 Å². The number of nitrogens with zero attached hydrogens (tertiary/aromatic N) is 1. The van der Waals surface area contributed by atoms with Gasteiger partial charge in [-0.25, -0.2) is 0 Å². The fourth-order valence-electron chi connectivity index (χ4n) is 2.64. The number of benzene rings is 1. The van der Waals surface area contributed by atoms with Gasteiger partial charge in [0.15, 0.2) is 5.96 Å². The van der Waals surface area contributed by atoms with Crippen LogP contribution >= 0.6 is 0 Å². The Kier molecular flexibility index (Phi) is 5.41. The van der Waals surface area contributed by atoms with Gasteiger partial charge >= 0.3 is 0 Å². The van der Waals surface area contributed by atoms with Crippen LogP contribution in [0.3, 0.4) is 0 Å². The first-order valence-electron chi connectivity index (χ1n) is 7.44. The summed E-state index contributed by atoms with van der Waals surface area (Å²) in [4.78, 5) is 4.56. The van der Waals surface area contributed by atoms with E-state index in [1.165, 1.54) is 5.56 Å². The Morgan fingerprint density at radius 3 is 2.65 bits per heavy atom. The smallest absolute Gasteiger partial charge is 0.188 e. The molecule has 0 spiro atoms. The van der Waals surface area contributed by atoms with Crippen molar-refractivity contribution >= 4 is 5.96 Å². The number of nitrogens with two attached hydrogens (primary N) is 1. The molecule has 0 radical (unpaired) electrons. The zero-order chi connectivity index (χ0) is 14.3. The van der Waals surface area contributed by atoms with Gasteiger partial charge in [0.1, 0.15) is 0 Å². The first-order valence-corrected chi connectivity index (χ1v) is 7.44. The third kappa shape index (κ3) is 3.73. The second-order valence-corrected chi connectivity index (χ2v) is 5.39. The zero-order valence-electron chi connectivity index (χ0n) is 12.3. The molecule has 0 amide bonds. The SMILES string of the molecule is CCCNC(N)=NCC1(c2ccccc2)CCOCC1. The number of guanidine groups is 1. The van der Waals surface area contributed by atoms with Crippen molar-refractivity contribution in [3.05, 3.63) is 35.9 Å². The lowest BCUT2D eigenvalue weighted by Crippen LogP contribution is -2.39. The van der Waals surface area contributed by atoms with E-state index in [2.05, 4.69) is 47.6 Å². The van der Waals surface area contributed by atoms with Crippen LogP contribution in [0.1, 0.15) is 31.7 Å². The van der Waals surface area contributed by atoms with E-state index in [0.717, 1.165) is 45.6 Å². The Bertz CT molecular complexity index is 425. The third-order valence-corrected chi connectivity index (χ3v) is 3.94. The summed E-state index contributed by atoms with van der Waals surface area (Å²) in [5.74, 6) is 0.550. The lowest BCUT2D eigenvalue weighted by Gasteiger charge is -2.36. The molecule has 1 aliphatic heterocycles. The van der Waals surface area contributed by atoms with Crippen LogP contribution in [-0.2, 0) is 10.2 Å². The highest BCUT2D eigenvalue weighted by molar-refractivity contribution is 5.77. The van der Waals surface area contributed by atoms with E-state index in [1.54, 1.807) is 0 Å². The Morgan fingerprint density at radius 1 is 1.30 bits per heavy atom. The number of aliphatic imine (C=N–C) groups is 1. The summed E-state index contributed by atoms with van der Waals surface area (Å²) in [6, 6.07) is 10.6. The molecule has 0 saturated carbocycles. The highest BCUT2D eigenvalue weighted by atomic mass is 16.5. The van der Waals surface area contributed by atoms with Gasteiger partial charge in [0, 0.05) is 25.2 Å². The average Bonchev–Trinajstić information content (AvgIpc) is 2.52. The molecule has 1 aliphatic rings. The van der Waals surface area contributed by atoms with Crippen molar-refractivity contribution in [1.29, 1.82) is 0 Å². The second-order valence-electron chi connectivity index (χ2n) is 5.39. The van der Waals surface area contributed by atoms with Gasteiger partial charge in [-0.3, -0.25) is 4.99 Å². The van der Waals surface area contributed by atoms with Gasteiger partial charge in [0.2, 0.25) is 0 Å². The Morgan fingerprint density at radius 2 is 2.00 bits per heavy atom. The summed E-state index contributed by atoms with van der Waals surface area (Å²) in [5.41, 5.74) is 7.33. The van der Waals surface area contributed by atoms with Gasteiger partial charge in [0.25, 0.3) is 0 Å². The molecule has 3 N–H and O–H groups in total. The van der Waals surface area contributed by atoms with E-state index in [4.69, 9.17) is 10.5 Å². The van der Waals surface area contributed by atoms with Gasteiger partial charge in [0.05, 0.1) is 6.54 Å².